The van der Waals surface area contributed by atoms with Crippen molar-refractivity contribution >= 4 is 36.3 Å². The Bertz CT molecular complexity index is 340. The van der Waals surface area contributed by atoms with Crippen LogP contribution in [0.1, 0.15) is 34.6 Å². The van der Waals surface area contributed by atoms with Gasteiger partial charge in [0.05, 0.1) is 18.1 Å². The Balaban J connectivity index is 0. The van der Waals surface area contributed by atoms with E-state index in [-0.39, 0.29) is 16.2 Å². The molecule has 1 N–H and O–H groups in total. The van der Waals surface area contributed by atoms with Gasteiger partial charge < -0.3 is 14.6 Å². The molecule has 2 unspecified atom stereocenters. The van der Waals surface area contributed by atoms with Crippen LogP contribution >= 0.6 is 24.4 Å². The van der Waals surface area contributed by atoms with Gasteiger partial charge in [-0.3, -0.25) is 9.59 Å². The number of carboxylic acid groups (broad SMARTS) is 1. The topological polar surface area (TPSA) is 72.8 Å². The molecular formula is C13H24O5S2. The van der Waals surface area contributed by atoms with Crippen molar-refractivity contribution in [2.75, 3.05) is 7.11 Å². The first kappa shape index (κ1) is 21.5. The van der Waals surface area contributed by atoms with Gasteiger partial charge in [-0.25, -0.2) is 0 Å². The summed E-state index contributed by atoms with van der Waals surface area (Å²) >= 11 is 5.15. The molecule has 0 amide bonds. The molecule has 1 aliphatic heterocycles. The Morgan fingerprint density at radius 3 is 2.00 bits per heavy atom. The first-order valence-electron chi connectivity index (χ1n) is 5.94. The maximum atomic E-state index is 10.7. The molecule has 1 saturated heterocycles. The van der Waals surface area contributed by atoms with E-state index in [1.54, 1.807) is 25.8 Å². The van der Waals surface area contributed by atoms with Crippen molar-refractivity contribution in [2.45, 2.75) is 50.1 Å². The first-order valence-corrected chi connectivity index (χ1v) is 7.33. The Hall–Kier alpha value is -0.820. The van der Waals surface area contributed by atoms with Crippen molar-refractivity contribution < 1.29 is 24.2 Å². The molecule has 0 saturated carbocycles. The molecule has 1 aliphatic rings. The highest BCUT2D eigenvalue weighted by Gasteiger charge is 2.37. The Morgan fingerprint density at radius 1 is 1.60 bits per heavy atom. The number of methoxy groups -OCH3 is 1. The molecule has 0 aromatic carbocycles. The molecule has 5 nitrogen and oxygen atoms in total. The maximum absolute atomic E-state index is 10.7. The van der Waals surface area contributed by atoms with Crippen LogP contribution in [0.25, 0.3) is 0 Å². The number of carboxylic acids is 1. The summed E-state index contributed by atoms with van der Waals surface area (Å²) in [6.07, 6.45) is 0. The molecule has 1 heterocycles. The highest BCUT2D eigenvalue weighted by molar-refractivity contribution is 8.02. The molecule has 7 heteroatoms. The van der Waals surface area contributed by atoms with E-state index in [0.717, 1.165) is 5.76 Å². The second kappa shape index (κ2) is 9.99. The summed E-state index contributed by atoms with van der Waals surface area (Å²) in [4.78, 5) is 20.1. The summed E-state index contributed by atoms with van der Waals surface area (Å²) in [7, 11) is 1.60. The first-order chi connectivity index (χ1) is 8.92. The Morgan fingerprint density at radius 2 is 1.95 bits per heavy atom. The number of esters is 1. The molecule has 0 aromatic heterocycles. The third-order valence-electron chi connectivity index (χ3n) is 1.84. The van der Waals surface area contributed by atoms with Gasteiger partial charge in [0.1, 0.15) is 5.25 Å². The molecule has 20 heavy (non-hydrogen) atoms. The van der Waals surface area contributed by atoms with Crippen LogP contribution in [-0.2, 0) is 19.1 Å². The largest absolute Gasteiger partial charge is 0.502 e. The van der Waals surface area contributed by atoms with Crippen LogP contribution in [0.3, 0.4) is 0 Å². The van der Waals surface area contributed by atoms with Gasteiger partial charge in [0.15, 0.2) is 4.93 Å². The zero-order valence-corrected chi connectivity index (χ0v) is 14.5. The van der Waals surface area contributed by atoms with Crippen LogP contribution in [0.5, 0.6) is 0 Å². The minimum Gasteiger partial charge on any atom is -0.502 e. The number of carbonyl (C=O) groups excluding carboxylic acids is 1. The third-order valence-corrected chi connectivity index (χ3v) is 3.26. The van der Waals surface area contributed by atoms with E-state index in [0.29, 0.717) is 0 Å². The van der Waals surface area contributed by atoms with Crippen LogP contribution in [0.2, 0.25) is 0 Å². The van der Waals surface area contributed by atoms with Gasteiger partial charge in [-0.2, -0.15) is 12.6 Å². The number of carbonyl (C=O) groups is 2. The normalized spacial score (nSPS) is 20.4. The molecule has 118 valence electrons. The maximum Gasteiger partial charge on any atom is 0.320 e. The number of hydrogen-bond donors (Lipinski definition) is 2. The molecule has 0 aromatic rings. The van der Waals surface area contributed by atoms with Crippen molar-refractivity contribution in [1.29, 1.82) is 0 Å². The Kier molecular flexibility index (Phi) is 10.7. The molecule has 0 spiro atoms. The van der Waals surface area contributed by atoms with Crippen molar-refractivity contribution in [1.82, 2.24) is 0 Å². The average Bonchev–Trinajstić information content (AvgIpc) is 2.52. The summed E-state index contributed by atoms with van der Waals surface area (Å²) < 4.78 is 9.54. The lowest BCUT2D eigenvalue weighted by Crippen LogP contribution is -2.14. The van der Waals surface area contributed by atoms with Gasteiger partial charge in [0.2, 0.25) is 0 Å². The minimum atomic E-state index is -0.877. The van der Waals surface area contributed by atoms with E-state index >= 15 is 0 Å². The fourth-order valence-corrected chi connectivity index (χ4v) is 1.95. The number of allylic oxidation sites excluding steroid dienone is 1. The number of thiol groups is 1. The van der Waals surface area contributed by atoms with Crippen LogP contribution in [-0.4, -0.2) is 39.6 Å². The molecule has 0 aliphatic carbocycles. The van der Waals surface area contributed by atoms with Crippen LogP contribution in [0.15, 0.2) is 12.3 Å². The zero-order chi connectivity index (χ0) is 16.5. The average molecular weight is 324 g/mol. The third kappa shape index (κ3) is 12.2. The van der Waals surface area contributed by atoms with Gasteiger partial charge in [-0.05, 0) is 34.6 Å². The number of aliphatic carboxylic acids is 1. The SMILES string of the molecule is C=C(C)OC.CC(S)C(=O)O.CC1SC(C)(C)OC1=O. The van der Waals surface area contributed by atoms with Gasteiger partial charge >= 0.3 is 11.9 Å². The lowest BCUT2D eigenvalue weighted by atomic mass is 10.4. The number of ether oxygens (including phenoxy) is 2. The van der Waals surface area contributed by atoms with E-state index < -0.39 is 11.2 Å². The van der Waals surface area contributed by atoms with Crippen LogP contribution < -0.4 is 0 Å². The summed E-state index contributed by atoms with van der Waals surface area (Å²) in [5.41, 5.74) is 0. The molecule has 1 rings (SSSR count). The lowest BCUT2D eigenvalue weighted by molar-refractivity contribution is -0.145. The highest BCUT2D eigenvalue weighted by Crippen LogP contribution is 2.37. The van der Waals surface area contributed by atoms with E-state index in [1.807, 2.05) is 20.8 Å². The second-order valence-electron chi connectivity index (χ2n) is 4.50. The van der Waals surface area contributed by atoms with Crippen molar-refractivity contribution in [3.63, 3.8) is 0 Å². The zero-order valence-electron chi connectivity index (χ0n) is 12.8. The van der Waals surface area contributed by atoms with E-state index in [4.69, 9.17) is 9.84 Å². The van der Waals surface area contributed by atoms with Gasteiger partial charge in [-0.15, -0.1) is 11.8 Å². The van der Waals surface area contributed by atoms with E-state index in [1.165, 1.54) is 6.92 Å². The monoisotopic (exact) mass is 324 g/mol. The predicted octanol–water partition coefficient (Wildman–Crippen LogP) is 2.96. The van der Waals surface area contributed by atoms with Gasteiger partial charge in [0.25, 0.3) is 0 Å². The predicted molar refractivity (Wildman–Crippen MR) is 85.1 cm³/mol. The van der Waals surface area contributed by atoms with Crippen molar-refractivity contribution in [3.8, 4) is 0 Å². The number of hydrogen-bond acceptors (Lipinski definition) is 6. The second-order valence-corrected chi connectivity index (χ2v) is 7.20. The summed E-state index contributed by atoms with van der Waals surface area (Å²) in [6.45, 7) is 12.4. The number of rotatable bonds is 2. The fraction of sp³-hybridized carbons (Fsp3) is 0.692. The Labute approximate surface area is 130 Å². The summed E-state index contributed by atoms with van der Waals surface area (Å²) in [6, 6.07) is 0. The van der Waals surface area contributed by atoms with Crippen molar-refractivity contribution in [2.24, 2.45) is 0 Å². The van der Waals surface area contributed by atoms with Crippen molar-refractivity contribution in [3.05, 3.63) is 12.3 Å². The highest BCUT2D eigenvalue weighted by atomic mass is 32.2. The van der Waals surface area contributed by atoms with Gasteiger partial charge in [0, 0.05) is 0 Å². The van der Waals surface area contributed by atoms with E-state index in [2.05, 4.69) is 23.9 Å². The smallest absolute Gasteiger partial charge is 0.320 e. The number of cyclic esters (lactones) is 1. The van der Waals surface area contributed by atoms with Crippen LogP contribution in [0, 0.1) is 0 Å². The standard InChI is InChI=1S/C6H10O2S.C4H8O.C3H6O2S/c1-4-5(7)8-6(2,3)9-4;1-4(2)5-3;1-2(6)3(4)5/h4H,1-3H3;1H2,2-3H3;2,6H,1H3,(H,4,5). The summed E-state index contributed by atoms with van der Waals surface area (Å²) in [5.74, 6) is -0.215. The number of thioether (sulfide) groups is 1. The molecule has 2 atom stereocenters. The van der Waals surface area contributed by atoms with Crippen LogP contribution in [0.4, 0.5) is 0 Å². The fourth-order valence-electron chi connectivity index (χ4n) is 0.823. The van der Waals surface area contributed by atoms with Gasteiger partial charge in [-0.1, -0.05) is 6.58 Å². The molecular weight excluding hydrogens is 300 g/mol. The molecule has 0 bridgehead atoms. The quantitative estimate of drug-likeness (QED) is 0.462. The molecule has 1 fully saturated rings. The lowest BCUT2D eigenvalue weighted by Gasteiger charge is -2.13. The minimum absolute atomic E-state index is 0.0139. The summed E-state index contributed by atoms with van der Waals surface area (Å²) in [5, 5.41) is 7.39. The molecule has 0 radical (unpaired) electrons. The van der Waals surface area contributed by atoms with E-state index in [9.17, 15) is 9.59 Å².